The zero-order chi connectivity index (χ0) is 28.1. The first-order chi connectivity index (χ1) is 19.2. The van der Waals surface area contributed by atoms with E-state index in [4.69, 9.17) is 0 Å². The van der Waals surface area contributed by atoms with Crippen molar-refractivity contribution in [1.82, 2.24) is 9.80 Å². The number of amides is 3. The van der Waals surface area contributed by atoms with Crippen molar-refractivity contribution in [3.05, 3.63) is 82.2 Å². The smallest absolute Gasteiger partial charge is 0.255 e. The van der Waals surface area contributed by atoms with Crippen LogP contribution in [0.4, 0.5) is 0 Å². The van der Waals surface area contributed by atoms with Crippen molar-refractivity contribution in [2.45, 2.75) is 64.3 Å². The highest BCUT2D eigenvalue weighted by Gasteiger charge is 2.46. The Morgan fingerprint density at radius 2 is 1.82 bits per heavy atom. The van der Waals surface area contributed by atoms with Gasteiger partial charge in [0.05, 0.1) is 18.1 Å². The summed E-state index contributed by atoms with van der Waals surface area (Å²) in [5.41, 5.74) is 5.43. The van der Waals surface area contributed by atoms with Crippen LogP contribution in [0.5, 0.6) is 0 Å². The number of carbonyl (C=O) groups is 3. The molecule has 3 aliphatic heterocycles. The third kappa shape index (κ3) is 4.59. The Balaban J connectivity index is 1.21. The minimum Gasteiger partial charge on any atom is -0.391 e. The summed E-state index contributed by atoms with van der Waals surface area (Å²) in [6.07, 6.45) is 0.0382. The van der Waals surface area contributed by atoms with Crippen molar-refractivity contribution < 1.29 is 19.5 Å². The van der Waals surface area contributed by atoms with Crippen molar-refractivity contribution in [2.24, 2.45) is 10.9 Å². The molecule has 40 heavy (non-hydrogen) atoms. The molecule has 4 heterocycles. The molecule has 2 aromatic carbocycles. The number of benzene rings is 2. The largest absolute Gasteiger partial charge is 0.391 e. The van der Waals surface area contributed by atoms with Gasteiger partial charge in [-0.3, -0.25) is 14.4 Å². The Morgan fingerprint density at radius 1 is 1.07 bits per heavy atom. The number of carbonyl (C=O) groups excluding carboxylic acids is 3. The zero-order valence-corrected chi connectivity index (χ0v) is 23.7. The Bertz CT molecular complexity index is 1510. The van der Waals surface area contributed by atoms with E-state index in [1.807, 2.05) is 56.3 Å². The zero-order valence-electron chi connectivity index (χ0n) is 22.9. The Hall–Kier alpha value is -3.62. The monoisotopic (exact) mass is 555 g/mol. The lowest BCUT2D eigenvalue weighted by molar-refractivity contribution is -0.138. The highest BCUT2D eigenvalue weighted by molar-refractivity contribution is 7.13. The molecular weight excluding hydrogens is 522 g/mol. The molecule has 0 bridgehead atoms. The molecule has 3 amide bonds. The average Bonchev–Trinajstić information content (AvgIpc) is 3.71. The summed E-state index contributed by atoms with van der Waals surface area (Å²) >= 11 is 1.70. The van der Waals surface area contributed by atoms with E-state index in [9.17, 15) is 19.5 Å². The van der Waals surface area contributed by atoms with Crippen molar-refractivity contribution in [3.63, 3.8) is 0 Å². The predicted octanol–water partition coefficient (Wildman–Crippen LogP) is 4.82. The molecule has 0 saturated carbocycles. The number of aliphatic hydroxyl groups excluding tert-OH is 1. The van der Waals surface area contributed by atoms with E-state index in [1.54, 1.807) is 27.2 Å². The van der Waals surface area contributed by atoms with Crippen LogP contribution in [0.15, 0.2) is 65.0 Å². The van der Waals surface area contributed by atoms with Gasteiger partial charge in [-0.15, -0.1) is 11.3 Å². The van der Waals surface area contributed by atoms with Gasteiger partial charge in [0.15, 0.2) is 0 Å². The van der Waals surface area contributed by atoms with Gasteiger partial charge in [-0.1, -0.05) is 56.3 Å². The van der Waals surface area contributed by atoms with Crippen LogP contribution in [0, 0.1) is 12.8 Å². The van der Waals surface area contributed by atoms with Gasteiger partial charge in [0.25, 0.3) is 11.8 Å². The lowest BCUT2D eigenvalue weighted by Crippen LogP contribution is -2.54. The fraction of sp³-hybridized carbons (Fsp3) is 0.375. The van der Waals surface area contributed by atoms with Gasteiger partial charge in [-0.05, 0) is 52.6 Å². The average molecular weight is 556 g/mol. The highest BCUT2D eigenvalue weighted by atomic mass is 32.1. The second-order valence-corrected chi connectivity index (χ2v) is 12.3. The van der Waals surface area contributed by atoms with Crippen LogP contribution in [0.2, 0.25) is 0 Å². The predicted molar refractivity (Wildman–Crippen MR) is 155 cm³/mol. The lowest BCUT2D eigenvalue weighted by atomic mass is 9.91. The molecule has 3 aliphatic rings. The van der Waals surface area contributed by atoms with Crippen molar-refractivity contribution in [1.29, 1.82) is 0 Å². The van der Waals surface area contributed by atoms with E-state index in [2.05, 4.69) is 23.4 Å². The number of aliphatic hydroxyl groups is 1. The third-order valence-corrected chi connectivity index (χ3v) is 9.48. The van der Waals surface area contributed by atoms with Crippen LogP contribution in [0.25, 0.3) is 10.4 Å². The third-order valence-electron chi connectivity index (χ3n) is 8.42. The second kappa shape index (κ2) is 10.4. The lowest BCUT2D eigenvalue weighted by Gasteiger charge is -2.35. The van der Waals surface area contributed by atoms with Crippen LogP contribution in [0.3, 0.4) is 0 Å². The van der Waals surface area contributed by atoms with Gasteiger partial charge in [-0.2, -0.15) is 0 Å². The summed E-state index contributed by atoms with van der Waals surface area (Å²) in [6, 6.07) is 16.5. The number of aryl methyl sites for hydroxylation is 1. The van der Waals surface area contributed by atoms with E-state index < -0.39 is 24.1 Å². The SMILES string of the molecule is Cc1ccsc1-c1ccc(C2CC(C3CC(O)CN3C(=O)C(C(C)C)N3Cc4ccccc4C3=O)=NC2=O)cc1. The van der Waals surface area contributed by atoms with E-state index in [0.29, 0.717) is 30.7 Å². The first-order valence-electron chi connectivity index (χ1n) is 13.9. The van der Waals surface area contributed by atoms with E-state index in [1.165, 1.54) is 10.4 Å². The van der Waals surface area contributed by atoms with Gasteiger partial charge >= 0.3 is 0 Å². The number of rotatable bonds is 6. The van der Waals surface area contributed by atoms with Gasteiger partial charge in [-0.25, -0.2) is 4.99 Å². The first-order valence-corrected chi connectivity index (χ1v) is 14.7. The number of hydrogen-bond acceptors (Lipinski definition) is 5. The van der Waals surface area contributed by atoms with E-state index in [-0.39, 0.29) is 30.2 Å². The second-order valence-electron chi connectivity index (χ2n) is 11.4. The Kier molecular flexibility index (Phi) is 6.92. The number of likely N-dealkylation sites (tertiary alicyclic amines) is 1. The molecule has 206 valence electrons. The van der Waals surface area contributed by atoms with Crippen LogP contribution in [-0.4, -0.2) is 63.1 Å². The Morgan fingerprint density at radius 3 is 2.50 bits per heavy atom. The first kappa shape index (κ1) is 26.6. The fourth-order valence-corrected chi connectivity index (χ4v) is 7.33. The van der Waals surface area contributed by atoms with Crippen molar-refractivity contribution >= 4 is 34.8 Å². The van der Waals surface area contributed by atoms with Crippen LogP contribution < -0.4 is 0 Å². The minimum absolute atomic E-state index is 0.130. The molecule has 0 aliphatic carbocycles. The molecule has 1 N–H and O–H groups in total. The standard InChI is InChI=1S/C32H33N3O4S/c1-18(2)28(35-16-22-6-4-5-7-24(22)31(35)38)32(39)34-17-23(36)14-27(34)26-15-25(30(37)33-26)20-8-10-21(11-9-20)29-19(3)12-13-40-29/h4-13,18,23,25,27-28,36H,14-17H2,1-3H3. The molecule has 0 spiro atoms. The summed E-state index contributed by atoms with van der Waals surface area (Å²) in [6.45, 7) is 6.51. The van der Waals surface area contributed by atoms with Crippen LogP contribution >= 0.6 is 11.3 Å². The molecule has 8 heteroatoms. The summed E-state index contributed by atoms with van der Waals surface area (Å²) in [5.74, 6) is -1.09. The maximum atomic E-state index is 14.1. The summed E-state index contributed by atoms with van der Waals surface area (Å²) in [5, 5.41) is 12.7. The molecule has 1 fully saturated rings. The van der Waals surface area contributed by atoms with E-state index >= 15 is 0 Å². The molecule has 1 saturated heterocycles. The minimum atomic E-state index is -0.710. The molecule has 4 atom stereocenters. The number of thiophene rings is 1. The van der Waals surface area contributed by atoms with Gasteiger partial charge < -0.3 is 14.9 Å². The van der Waals surface area contributed by atoms with Crippen molar-refractivity contribution in [3.8, 4) is 10.4 Å². The molecule has 1 aromatic heterocycles. The maximum absolute atomic E-state index is 14.1. The molecule has 4 unspecified atom stereocenters. The van der Waals surface area contributed by atoms with E-state index in [0.717, 1.165) is 16.7 Å². The topological polar surface area (TPSA) is 90.3 Å². The van der Waals surface area contributed by atoms with Gasteiger partial charge in [0.2, 0.25) is 5.91 Å². The maximum Gasteiger partial charge on any atom is 0.255 e. The quantitative estimate of drug-likeness (QED) is 0.472. The number of fused-ring (bicyclic) bond motifs is 1. The molecule has 3 aromatic rings. The number of β-amino-alcohol motifs (C(OH)–C–C–N with tert-alkyl or cyclic N) is 1. The molecule has 7 nitrogen and oxygen atoms in total. The molecule has 0 radical (unpaired) electrons. The molecular formula is C32H33N3O4S. The van der Waals surface area contributed by atoms with Gasteiger partial charge in [0, 0.05) is 42.1 Å². The highest BCUT2D eigenvalue weighted by Crippen LogP contribution is 2.36. The Labute approximate surface area is 238 Å². The number of aliphatic imine (C=N–C) groups is 1. The van der Waals surface area contributed by atoms with Crippen molar-refractivity contribution in [2.75, 3.05) is 6.54 Å². The summed E-state index contributed by atoms with van der Waals surface area (Å²) < 4.78 is 0. The fourth-order valence-electron chi connectivity index (χ4n) is 6.39. The number of hydrogen-bond donors (Lipinski definition) is 1. The summed E-state index contributed by atoms with van der Waals surface area (Å²) in [4.78, 5) is 49.4. The molecule has 6 rings (SSSR count). The van der Waals surface area contributed by atoms with Crippen LogP contribution in [-0.2, 0) is 16.1 Å². The normalized spacial score (nSPS) is 23.2. The van der Waals surface area contributed by atoms with Crippen LogP contribution in [0.1, 0.15) is 59.7 Å². The number of nitrogens with zero attached hydrogens (tertiary/aromatic N) is 3. The van der Waals surface area contributed by atoms with Gasteiger partial charge in [0.1, 0.15) is 6.04 Å². The summed E-state index contributed by atoms with van der Waals surface area (Å²) in [7, 11) is 0.